The number of ether oxygens (including phenoxy) is 1. The molecule has 6 nitrogen and oxygen atoms in total. The normalized spacial score (nSPS) is 15.2. The molecule has 156 valence electrons. The van der Waals surface area contributed by atoms with Gasteiger partial charge in [-0.25, -0.2) is 0 Å². The smallest absolute Gasteiger partial charge is 0.306 e. The molecule has 1 aliphatic rings. The average molecular weight is 399 g/mol. The van der Waals surface area contributed by atoms with E-state index in [1.165, 1.54) is 24.3 Å². The van der Waals surface area contributed by atoms with Gasteiger partial charge in [0.2, 0.25) is 11.2 Å². The quantitative estimate of drug-likeness (QED) is 0.717. The summed E-state index contributed by atoms with van der Waals surface area (Å²) in [5, 5.41) is 10.4. The fourth-order valence-electron chi connectivity index (χ4n) is 3.96. The van der Waals surface area contributed by atoms with E-state index >= 15 is 0 Å². The van der Waals surface area contributed by atoms with E-state index in [2.05, 4.69) is 23.1 Å². The second-order valence-corrected chi connectivity index (χ2v) is 8.13. The van der Waals surface area contributed by atoms with Gasteiger partial charge in [0.25, 0.3) is 0 Å². The molecule has 1 aliphatic heterocycles. The Morgan fingerprint density at radius 3 is 2.69 bits per heavy atom. The number of rotatable bonds is 7. The van der Waals surface area contributed by atoms with Crippen molar-refractivity contribution in [3.05, 3.63) is 63.2 Å². The van der Waals surface area contributed by atoms with Crippen molar-refractivity contribution in [3.8, 4) is 5.75 Å². The number of hydrogen-bond acceptors (Lipinski definition) is 6. The van der Waals surface area contributed by atoms with Gasteiger partial charge < -0.3 is 14.3 Å². The molecule has 1 aromatic carbocycles. The van der Waals surface area contributed by atoms with Gasteiger partial charge in [0.1, 0.15) is 5.76 Å². The van der Waals surface area contributed by atoms with Gasteiger partial charge in [0, 0.05) is 25.1 Å². The molecule has 0 saturated carbocycles. The minimum absolute atomic E-state index is 0.0612. The molecular formula is C23H29NO5. The molecule has 0 amide bonds. The molecule has 2 heterocycles. The molecule has 0 unspecified atom stereocenters. The van der Waals surface area contributed by atoms with E-state index in [-0.39, 0.29) is 18.1 Å². The molecule has 2 aromatic rings. The molecular weight excluding hydrogens is 370 g/mol. The third-order valence-corrected chi connectivity index (χ3v) is 5.36. The Bertz CT molecular complexity index is 918. The predicted molar refractivity (Wildman–Crippen MR) is 110 cm³/mol. The van der Waals surface area contributed by atoms with Gasteiger partial charge in [-0.15, -0.1) is 0 Å². The number of carbonyl (C=O) groups is 1. The van der Waals surface area contributed by atoms with Gasteiger partial charge in [-0.3, -0.25) is 14.5 Å². The molecule has 0 spiro atoms. The number of esters is 1. The highest BCUT2D eigenvalue weighted by Crippen LogP contribution is 2.33. The summed E-state index contributed by atoms with van der Waals surface area (Å²) in [7, 11) is 1.33. The van der Waals surface area contributed by atoms with Gasteiger partial charge in [0.15, 0.2) is 5.76 Å². The number of benzene rings is 1. The Kier molecular flexibility index (Phi) is 6.75. The van der Waals surface area contributed by atoms with E-state index < -0.39 is 23.1 Å². The summed E-state index contributed by atoms with van der Waals surface area (Å²) in [5.74, 6) is -0.262. The molecule has 0 saturated heterocycles. The first-order valence-corrected chi connectivity index (χ1v) is 10.1. The van der Waals surface area contributed by atoms with Crippen LogP contribution in [0.3, 0.4) is 0 Å². The lowest BCUT2D eigenvalue weighted by molar-refractivity contribution is -0.141. The standard InChI is InChI=1S/C23H29NO5/c1-15(2)10-18(11-21(26)28-3)23-22(27)20(25)12-19(29-23)14-24-9-8-16-6-4-5-7-17(16)13-24/h4-7,12,15,18,27H,8-11,13-14H2,1-3H3/t18-/m1/s1. The maximum Gasteiger partial charge on any atom is 0.306 e. The summed E-state index contributed by atoms with van der Waals surface area (Å²) < 4.78 is 10.8. The summed E-state index contributed by atoms with van der Waals surface area (Å²) in [6, 6.07) is 9.70. The number of aromatic hydroxyl groups is 1. The third-order valence-electron chi connectivity index (χ3n) is 5.36. The maximum atomic E-state index is 12.4. The summed E-state index contributed by atoms with van der Waals surface area (Å²) in [5.41, 5.74) is 2.16. The SMILES string of the molecule is COC(=O)C[C@@H](CC(C)C)c1oc(CN2CCc3ccccc3C2)cc(=O)c1O. The molecule has 6 heteroatoms. The number of nitrogens with zero attached hydrogens (tertiary/aromatic N) is 1. The van der Waals surface area contributed by atoms with Crippen molar-refractivity contribution < 1.29 is 19.1 Å². The van der Waals surface area contributed by atoms with Gasteiger partial charge in [-0.05, 0) is 29.9 Å². The van der Waals surface area contributed by atoms with Crippen LogP contribution in [0.4, 0.5) is 0 Å². The van der Waals surface area contributed by atoms with Crippen LogP contribution < -0.4 is 5.43 Å². The highest BCUT2D eigenvalue weighted by molar-refractivity contribution is 5.70. The second-order valence-electron chi connectivity index (χ2n) is 8.13. The summed E-state index contributed by atoms with van der Waals surface area (Å²) in [6.45, 7) is 6.18. The van der Waals surface area contributed by atoms with Crippen LogP contribution in [0, 0.1) is 5.92 Å². The van der Waals surface area contributed by atoms with E-state index in [9.17, 15) is 14.7 Å². The van der Waals surface area contributed by atoms with Crippen LogP contribution >= 0.6 is 0 Å². The van der Waals surface area contributed by atoms with Gasteiger partial charge in [0.05, 0.1) is 20.1 Å². The molecule has 3 rings (SSSR count). The minimum Gasteiger partial charge on any atom is -0.502 e. The summed E-state index contributed by atoms with van der Waals surface area (Å²) >= 11 is 0. The van der Waals surface area contributed by atoms with Crippen molar-refractivity contribution in [2.75, 3.05) is 13.7 Å². The van der Waals surface area contributed by atoms with Crippen molar-refractivity contribution in [1.82, 2.24) is 4.90 Å². The monoisotopic (exact) mass is 399 g/mol. The molecule has 29 heavy (non-hydrogen) atoms. The highest BCUT2D eigenvalue weighted by Gasteiger charge is 2.26. The topological polar surface area (TPSA) is 80.0 Å². The molecule has 0 aliphatic carbocycles. The lowest BCUT2D eigenvalue weighted by Crippen LogP contribution is -2.30. The van der Waals surface area contributed by atoms with Gasteiger partial charge in [-0.1, -0.05) is 38.1 Å². The van der Waals surface area contributed by atoms with E-state index in [0.717, 1.165) is 19.5 Å². The Labute approximate surface area is 171 Å². The van der Waals surface area contributed by atoms with Crippen LogP contribution in [0.15, 0.2) is 39.5 Å². The van der Waals surface area contributed by atoms with Crippen LogP contribution in [0.1, 0.15) is 55.3 Å². The largest absolute Gasteiger partial charge is 0.502 e. The molecule has 0 radical (unpaired) electrons. The van der Waals surface area contributed by atoms with Crippen molar-refractivity contribution >= 4 is 5.97 Å². The number of fused-ring (bicyclic) bond motifs is 1. The van der Waals surface area contributed by atoms with E-state index in [1.807, 2.05) is 19.9 Å². The first kappa shape index (κ1) is 21.1. The number of methoxy groups -OCH3 is 1. The van der Waals surface area contributed by atoms with Crippen molar-refractivity contribution in [3.63, 3.8) is 0 Å². The van der Waals surface area contributed by atoms with Crippen LogP contribution in [-0.4, -0.2) is 29.6 Å². The van der Waals surface area contributed by atoms with E-state index in [0.29, 0.717) is 18.7 Å². The molecule has 0 bridgehead atoms. The second kappa shape index (κ2) is 9.27. The minimum atomic E-state index is -0.475. The van der Waals surface area contributed by atoms with Crippen LogP contribution in [-0.2, 0) is 29.0 Å². The Balaban J connectivity index is 1.84. The predicted octanol–water partition coefficient (Wildman–Crippen LogP) is 3.60. The van der Waals surface area contributed by atoms with Crippen LogP contribution in [0.2, 0.25) is 0 Å². The first-order valence-electron chi connectivity index (χ1n) is 10.1. The Hall–Kier alpha value is -2.60. The zero-order valence-corrected chi connectivity index (χ0v) is 17.3. The van der Waals surface area contributed by atoms with Crippen LogP contribution in [0.5, 0.6) is 5.75 Å². The molecule has 1 N–H and O–H groups in total. The van der Waals surface area contributed by atoms with Crippen molar-refractivity contribution in [1.29, 1.82) is 0 Å². The van der Waals surface area contributed by atoms with Gasteiger partial charge in [-0.2, -0.15) is 0 Å². The lowest BCUT2D eigenvalue weighted by Gasteiger charge is -2.28. The molecule has 0 fully saturated rings. The van der Waals surface area contributed by atoms with Crippen molar-refractivity contribution in [2.24, 2.45) is 5.92 Å². The fourth-order valence-corrected chi connectivity index (χ4v) is 3.96. The molecule has 1 atom stereocenters. The summed E-state index contributed by atoms with van der Waals surface area (Å²) in [4.78, 5) is 26.5. The first-order chi connectivity index (χ1) is 13.9. The maximum absolute atomic E-state index is 12.4. The fraction of sp³-hybridized carbons (Fsp3) is 0.478. The van der Waals surface area contributed by atoms with Crippen molar-refractivity contribution in [2.45, 2.75) is 52.1 Å². The average Bonchev–Trinajstić information content (AvgIpc) is 2.69. The zero-order valence-electron chi connectivity index (χ0n) is 17.3. The summed E-state index contributed by atoms with van der Waals surface area (Å²) in [6.07, 6.45) is 1.61. The molecule has 1 aromatic heterocycles. The van der Waals surface area contributed by atoms with E-state index in [1.54, 1.807) is 0 Å². The number of hydrogen-bond donors (Lipinski definition) is 1. The highest BCUT2D eigenvalue weighted by atomic mass is 16.5. The number of carbonyl (C=O) groups excluding carboxylic acids is 1. The third kappa shape index (κ3) is 5.26. The lowest BCUT2D eigenvalue weighted by atomic mass is 9.91. The zero-order chi connectivity index (χ0) is 21.0. The Morgan fingerprint density at radius 2 is 2.00 bits per heavy atom. The van der Waals surface area contributed by atoms with E-state index in [4.69, 9.17) is 9.15 Å². The Morgan fingerprint density at radius 1 is 1.28 bits per heavy atom. The van der Waals surface area contributed by atoms with Crippen LogP contribution in [0.25, 0.3) is 0 Å². The van der Waals surface area contributed by atoms with Gasteiger partial charge >= 0.3 is 5.97 Å².